The summed E-state index contributed by atoms with van der Waals surface area (Å²) in [7, 11) is -3.40. The molecule has 2 amide bonds. The number of hydrogen-bond acceptors (Lipinski definition) is 4. The number of carbonyl (C=O) groups is 2. The zero-order valence-electron chi connectivity index (χ0n) is 18.1. The first-order chi connectivity index (χ1) is 15.4. The van der Waals surface area contributed by atoms with Crippen LogP contribution in [0.5, 0.6) is 0 Å². The van der Waals surface area contributed by atoms with Crippen molar-refractivity contribution in [1.82, 2.24) is 9.21 Å². The normalized spacial score (nSPS) is 17.9. The van der Waals surface area contributed by atoms with Crippen molar-refractivity contribution >= 4 is 27.5 Å². The van der Waals surface area contributed by atoms with E-state index in [4.69, 9.17) is 0 Å². The molecule has 2 aliphatic heterocycles. The first-order valence-electron chi connectivity index (χ1n) is 11.1. The van der Waals surface area contributed by atoms with Crippen molar-refractivity contribution in [3.63, 3.8) is 0 Å². The van der Waals surface area contributed by atoms with Crippen LogP contribution in [0.25, 0.3) is 0 Å². The largest absolute Gasteiger partial charge is 0.339 e. The van der Waals surface area contributed by atoms with E-state index in [-0.39, 0.29) is 23.5 Å². The molecule has 0 atom stereocenters. The lowest BCUT2D eigenvalue weighted by Crippen LogP contribution is -2.41. The minimum atomic E-state index is -3.40. The minimum Gasteiger partial charge on any atom is -0.339 e. The molecule has 2 heterocycles. The predicted octanol–water partition coefficient (Wildman–Crippen LogP) is 3.10. The number of rotatable bonds is 6. The van der Waals surface area contributed by atoms with Crippen LogP contribution < -0.4 is 5.32 Å². The molecule has 4 rings (SSSR count). The lowest BCUT2D eigenvalue weighted by atomic mass is 9.97. The topological polar surface area (TPSA) is 86.8 Å². The molecular weight excluding hydrogens is 426 g/mol. The first-order valence-corrected chi connectivity index (χ1v) is 12.8. The van der Waals surface area contributed by atoms with E-state index in [1.54, 1.807) is 24.3 Å². The van der Waals surface area contributed by atoms with Gasteiger partial charge in [-0.25, -0.2) is 12.7 Å². The fraction of sp³-hybridized carbons (Fsp3) is 0.417. The molecule has 2 aromatic rings. The number of sulfonamides is 1. The number of hydrogen-bond donors (Lipinski definition) is 1. The number of piperidine rings is 1. The third-order valence-corrected chi connectivity index (χ3v) is 8.05. The van der Waals surface area contributed by atoms with Crippen LogP contribution in [0.1, 0.15) is 41.6 Å². The molecule has 2 aromatic carbocycles. The van der Waals surface area contributed by atoms with Crippen molar-refractivity contribution in [2.75, 3.05) is 31.5 Å². The van der Waals surface area contributed by atoms with Crippen LogP contribution in [0.4, 0.5) is 5.69 Å². The van der Waals surface area contributed by atoms with Crippen LogP contribution in [0.15, 0.2) is 54.6 Å². The highest BCUT2D eigenvalue weighted by Gasteiger charge is 2.31. The van der Waals surface area contributed by atoms with E-state index in [0.29, 0.717) is 37.2 Å². The number of nitrogens with zero attached hydrogens (tertiary/aromatic N) is 2. The summed E-state index contributed by atoms with van der Waals surface area (Å²) in [6.07, 6.45) is 3.08. The Morgan fingerprint density at radius 3 is 2.12 bits per heavy atom. The monoisotopic (exact) mass is 455 g/mol. The van der Waals surface area contributed by atoms with Crippen molar-refractivity contribution in [1.29, 1.82) is 0 Å². The second-order valence-corrected chi connectivity index (χ2v) is 10.4. The highest BCUT2D eigenvalue weighted by atomic mass is 32.2. The highest BCUT2D eigenvalue weighted by molar-refractivity contribution is 7.88. The molecule has 8 heteroatoms. The summed E-state index contributed by atoms with van der Waals surface area (Å²) in [5.74, 6) is -0.329. The lowest BCUT2D eigenvalue weighted by Gasteiger charge is -2.30. The minimum absolute atomic E-state index is 0.0206. The van der Waals surface area contributed by atoms with E-state index >= 15 is 0 Å². The zero-order valence-corrected chi connectivity index (χ0v) is 18.9. The quantitative estimate of drug-likeness (QED) is 0.725. The van der Waals surface area contributed by atoms with Crippen LogP contribution >= 0.6 is 0 Å². The second-order valence-electron chi connectivity index (χ2n) is 8.48. The van der Waals surface area contributed by atoms with E-state index in [0.717, 1.165) is 31.5 Å². The second kappa shape index (κ2) is 9.83. The molecule has 2 fully saturated rings. The van der Waals surface area contributed by atoms with Crippen molar-refractivity contribution < 1.29 is 18.0 Å². The van der Waals surface area contributed by atoms with Gasteiger partial charge in [0.05, 0.1) is 5.75 Å². The van der Waals surface area contributed by atoms with Gasteiger partial charge in [-0.3, -0.25) is 9.59 Å². The van der Waals surface area contributed by atoms with E-state index in [9.17, 15) is 18.0 Å². The fourth-order valence-corrected chi connectivity index (χ4v) is 5.88. The maximum Gasteiger partial charge on any atom is 0.253 e. The Kier molecular flexibility index (Phi) is 6.91. The Morgan fingerprint density at radius 2 is 1.50 bits per heavy atom. The van der Waals surface area contributed by atoms with E-state index in [1.165, 1.54) is 4.31 Å². The Hall–Kier alpha value is -2.71. The Balaban J connectivity index is 1.28. The predicted molar refractivity (Wildman–Crippen MR) is 124 cm³/mol. The molecular formula is C24H29N3O4S. The van der Waals surface area contributed by atoms with Gasteiger partial charge in [-0.1, -0.05) is 30.3 Å². The summed E-state index contributed by atoms with van der Waals surface area (Å²) in [6, 6.07) is 16.1. The molecule has 0 aromatic heterocycles. The lowest BCUT2D eigenvalue weighted by molar-refractivity contribution is -0.120. The molecule has 7 nitrogen and oxygen atoms in total. The van der Waals surface area contributed by atoms with Crippen molar-refractivity contribution in [3.05, 3.63) is 65.7 Å². The first kappa shape index (κ1) is 22.5. The van der Waals surface area contributed by atoms with Gasteiger partial charge in [-0.2, -0.15) is 0 Å². The van der Waals surface area contributed by atoms with Crippen LogP contribution in [0.3, 0.4) is 0 Å². The smallest absolute Gasteiger partial charge is 0.253 e. The molecule has 1 N–H and O–H groups in total. The van der Waals surface area contributed by atoms with Gasteiger partial charge in [0.1, 0.15) is 0 Å². The molecule has 0 unspecified atom stereocenters. The number of amides is 2. The summed E-state index contributed by atoms with van der Waals surface area (Å²) >= 11 is 0. The maximum absolute atomic E-state index is 12.7. The summed E-state index contributed by atoms with van der Waals surface area (Å²) in [5.41, 5.74) is 2.04. The van der Waals surface area contributed by atoms with E-state index in [1.807, 2.05) is 35.2 Å². The zero-order chi connectivity index (χ0) is 22.6. The van der Waals surface area contributed by atoms with Crippen LogP contribution in [-0.4, -0.2) is 55.6 Å². The average molecular weight is 456 g/mol. The fourth-order valence-electron chi connectivity index (χ4n) is 4.32. The van der Waals surface area contributed by atoms with Gasteiger partial charge >= 0.3 is 0 Å². The number of anilines is 1. The van der Waals surface area contributed by atoms with Gasteiger partial charge in [0.25, 0.3) is 5.91 Å². The van der Waals surface area contributed by atoms with Crippen molar-refractivity contribution in [2.24, 2.45) is 5.92 Å². The molecule has 2 aliphatic rings. The SMILES string of the molecule is O=C(Nc1ccc(C(=O)N2CCCC2)cc1)C1CCN(S(=O)(=O)Cc2ccccc2)CC1. The van der Waals surface area contributed by atoms with E-state index in [2.05, 4.69) is 5.32 Å². The van der Waals surface area contributed by atoms with Gasteiger partial charge in [0, 0.05) is 43.3 Å². The van der Waals surface area contributed by atoms with Crippen LogP contribution in [0, 0.1) is 5.92 Å². The van der Waals surface area contributed by atoms with Gasteiger partial charge < -0.3 is 10.2 Å². The summed E-state index contributed by atoms with van der Waals surface area (Å²) < 4.78 is 26.9. The van der Waals surface area contributed by atoms with Crippen LogP contribution in [0.2, 0.25) is 0 Å². The van der Waals surface area contributed by atoms with Gasteiger partial charge in [0.15, 0.2) is 0 Å². The van der Waals surface area contributed by atoms with Gasteiger partial charge in [-0.15, -0.1) is 0 Å². The summed E-state index contributed by atoms with van der Waals surface area (Å²) in [6.45, 7) is 2.29. The standard InChI is InChI=1S/C24H29N3O4S/c28-23(25-22-10-8-21(9-11-22)24(29)26-14-4-5-15-26)20-12-16-27(17-13-20)32(30,31)18-19-6-2-1-3-7-19/h1-3,6-11,20H,4-5,12-18H2,(H,25,28). The molecule has 0 radical (unpaired) electrons. The molecule has 32 heavy (non-hydrogen) atoms. The molecule has 170 valence electrons. The molecule has 0 bridgehead atoms. The third-order valence-electron chi connectivity index (χ3n) is 6.20. The Morgan fingerprint density at radius 1 is 0.875 bits per heavy atom. The van der Waals surface area contributed by atoms with Gasteiger partial charge in [0.2, 0.25) is 15.9 Å². The van der Waals surface area contributed by atoms with Crippen LogP contribution in [-0.2, 0) is 20.6 Å². The number of likely N-dealkylation sites (tertiary alicyclic amines) is 1. The summed E-state index contributed by atoms with van der Waals surface area (Å²) in [4.78, 5) is 27.0. The summed E-state index contributed by atoms with van der Waals surface area (Å²) in [5, 5.41) is 2.91. The maximum atomic E-state index is 12.7. The van der Waals surface area contributed by atoms with E-state index < -0.39 is 10.0 Å². The number of carbonyl (C=O) groups excluding carboxylic acids is 2. The molecule has 0 aliphatic carbocycles. The highest BCUT2D eigenvalue weighted by Crippen LogP contribution is 2.23. The Bertz CT molecular complexity index is 1040. The molecule has 0 saturated carbocycles. The van der Waals surface area contributed by atoms with Gasteiger partial charge in [-0.05, 0) is 55.5 Å². The molecule has 2 saturated heterocycles. The number of benzene rings is 2. The van der Waals surface area contributed by atoms with Crippen molar-refractivity contribution in [2.45, 2.75) is 31.4 Å². The Labute approximate surface area is 189 Å². The van der Waals surface area contributed by atoms with Crippen molar-refractivity contribution in [3.8, 4) is 0 Å². The number of nitrogens with one attached hydrogen (secondary N) is 1. The molecule has 0 spiro atoms. The third kappa shape index (κ3) is 5.37. The average Bonchev–Trinajstić information content (AvgIpc) is 3.35.